The van der Waals surface area contributed by atoms with Crippen LogP contribution in [-0.2, 0) is 16.1 Å². The van der Waals surface area contributed by atoms with Crippen LogP contribution in [0.2, 0.25) is 0 Å². The maximum Gasteiger partial charge on any atom is 0.308 e. The molecule has 4 heteroatoms. The summed E-state index contributed by atoms with van der Waals surface area (Å²) in [5.41, 5.74) is 6.65. The lowest BCUT2D eigenvalue weighted by atomic mass is 10.0. The zero-order valence-electron chi connectivity index (χ0n) is 12.6. The van der Waals surface area contributed by atoms with Crippen molar-refractivity contribution in [2.45, 2.75) is 45.8 Å². The van der Waals surface area contributed by atoms with Crippen LogP contribution in [-0.4, -0.2) is 19.1 Å². The van der Waals surface area contributed by atoms with Crippen molar-refractivity contribution in [2.24, 2.45) is 11.7 Å². The summed E-state index contributed by atoms with van der Waals surface area (Å²) >= 11 is 0. The van der Waals surface area contributed by atoms with Gasteiger partial charge in [0, 0.05) is 6.04 Å². The molecule has 112 valence electrons. The molecule has 0 spiro atoms. The van der Waals surface area contributed by atoms with E-state index in [1.165, 1.54) is 0 Å². The quantitative estimate of drug-likeness (QED) is 0.743. The Morgan fingerprint density at radius 3 is 2.40 bits per heavy atom. The van der Waals surface area contributed by atoms with Crippen molar-refractivity contribution < 1.29 is 14.3 Å². The third-order valence-corrected chi connectivity index (χ3v) is 3.24. The number of rotatable bonds is 8. The first-order valence-corrected chi connectivity index (χ1v) is 7.08. The third-order valence-electron chi connectivity index (χ3n) is 3.24. The van der Waals surface area contributed by atoms with Gasteiger partial charge in [0.25, 0.3) is 0 Å². The Balaban J connectivity index is 2.30. The molecule has 0 aromatic heterocycles. The van der Waals surface area contributed by atoms with E-state index in [4.69, 9.17) is 15.2 Å². The van der Waals surface area contributed by atoms with Gasteiger partial charge in [-0.25, -0.2) is 0 Å². The van der Waals surface area contributed by atoms with E-state index in [-0.39, 0.29) is 17.9 Å². The number of hydrogen-bond donors (Lipinski definition) is 1. The van der Waals surface area contributed by atoms with E-state index in [0.29, 0.717) is 6.61 Å². The highest BCUT2D eigenvalue weighted by Gasteiger charge is 2.14. The Labute approximate surface area is 121 Å². The maximum atomic E-state index is 11.8. The highest BCUT2D eigenvalue weighted by Crippen LogP contribution is 2.14. The number of ether oxygens (including phenoxy) is 2. The van der Waals surface area contributed by atoms with Gasteiger partial charge in [0.15, 0.2) is 0 Å². The average Bonchev–Trinajstić information content (AvgIpc) is 2.44. The van der Waals surface area contributed by atoms with Gasteiger partial charge in [-0.05, 0) is 37.5 Å². The number of hydrogen-bond acceptors (Lipinski definition) is 4. The molecule has 0 fully saturated rings. The molecule has 0 amide bonds. The standard InChI is InChI=1S/C16H25NO3/c1-12(5-4-6-13(2)17)16(18)20-11-14-7-9-15(19-3)10-8-14/h7-10,12-13H,4-6,11,17H2,1-3H3. The molecule has 1 rings (SSSR count). The normalized spacial score (nSPS) is 13.6. The van der Waals surface area contributed by atoms with Gasteiger partial charge in [0.05, 0.1) is 13.0 Å². The maximum absolute atomic E-state index is 11.8. The van der Waals surface area contributed by atoms with Crippen molar-refractivity contribution in [2.75, 3.05) is 7.11 Å². The highest BCUT2D eigenvalue weighted by atomic mass is 16.5. The van der Waals surface area contributed by atoms with Crippen LogP contribution in [0.4, 0.5) is 0 Å². The lowest BCUT2D eigenvalue weighted by Gasteiger charge is -2.12. The first-order valence-electron chi connectivity index (χ1n) is 7.08. The van der Waals surface area contributed by atoms with Gasteiger partial charge in [-0.2, -0.15) is 0 Å². The van der Waals surface area contributed by atoms with Crippen molar-refractivity contribution in [3.63, 3.8) is 0 Å². The van der Waals surface area contributed by atoms with Gasteiger partial charge in [-0.1, -0.05) is 25.5 Å². The van der Waals surface area contributed by atoms with Crippen LogP contribution in [0.1, 0.15) is 38.7 Å². The summed E-state index contributed by atoms with van der Waals surface area (Å²) in [6.45, 7) is 4.19. The highest BCUT2D eigenvalue weighted by molar-refractivity contribution is 5.71. The van der Waals surface area contributed by atoms with Gasteiger partial charge in [-0.15, -0.1) is 0 Å². The molecule has 0 saturated heterocycles. The Morgan fingerprint density at radius 1 is 1.20 bits per heavy atom. The molecule has 0 heterocycles. The van der Waals surface area contributed by atoms with Crippen LogP contribution in [0, 0.1) is 5.92 Å². The van der Waals surface area contributed by atoms with Crippen molar-refractivity contribution in [3.8, 4) is 5.75 Å². The number of carbonyl (C=O) groups is 1. The monoisotopic (exact) mass is 279 g/mol. The second kappa shape index (κ2) is 8.59. The molecule has 0 radical (unpaired) electrons. The van der Waals surface area contributed by atoms with Crippen LogP contribution in [0.5, 0.6) is 5.75 Å². The summed E-state index contributed by atoms with van der Waals surface area (Å²) in [5.74, 6) is 0.571. The van der Waals surface area contributed by atoms with Gasteiger partial charge in [0.1, 0.15) is 12.4 Å². The van der Waals surface area contributed by atoms with E-state index in [2.05, 4.69) is 0 Å². The SMILES string of the molecule is COc1ccc(COC(=O)C(C)CCCC(C)N)cc1. The second-order valence-electron chi connectivity index (χ2n) is 5.27. The van der Waals surface area contributed by atoms with Crippen LogP contribution >= 0.6 is 0 Å². The summed E-state index contributed by atoms with van der Waals surface area (Å²) in [6.07, 6.45) is 2.72. The van der Waals surface area contributed by atoms with E-state index in [0.717, 1.165) is 30.6 Å². The first kappa shape index (κ1) is 16.5. The van der Waals surface area contributed by atoms with Gasteiger partial charge in [-0.3, -0.25) is 4.79 Å². The Hall–Kier alpha value is -1.55. The topological polar surface area (TPSA) is 61.5 Å². The number of methoxy groups -OCH3 is 1. The Kier molecular flexibility index (Phi) is 7.09. The van der Waals surface area contributed by atoms with Crippen LogP contribution in [0.25, 0.3) is 0 Å². The average molecular weight is 279 g/mol. The smallest absolute Gasteiger partial charge is 0.308 e. The predicted octanol–water partition coefficient (Wildman–Crippen LogP) is 2.89. The molecule has 0 aliphatic heterocycles. The number of carbonyl (C=O) groups excluding carboxylic acids is 1. The fraction of sp³-hybridized carbons (Fsp3) is 0.562. The van der Waals surface area contributed by atoms with E-state index < -0.39 is 0 Å². The predicted molar refractivity (Wildman–Crippen MR) is 79.5 cm³/mol. The third kappa shape index (κ3) is 6.06. The molecule has 1 aromatic carbocycles. The molecule has 2 N–H and O–H groups in total. The molecule has 20 heavy (non-hydrogen) atoms. The molecule has 1 aromatic rings. The van der Waals surface area contributed by atoms with Crippen molar-refractivity contribution >= 4 is 5.97 Å². The van der Waals surface area contributed by atoms with Crippen LogP contribution < -0.4 is 10.5 Å². The lowest BCUT2D eigenvalue weighted by Crippen LogP contribution is -2.17. The zero-order chi connectivity index (χ0) is 15.0. The van der Waals surface area contributed by atoms with Crippen molar-refractivity contribution in [3.05, 3.63) is 29.8 Å². The lowest BCUT2D eigenvalue weighted by molar-refractivity contribution is -0.149. The number of esters is 1. The number of benzene rings is 1. The summed E-state index contributed by atoms with van der Waals surface area (Å²) in [6, 6.07) is 7.70. The minimum atomic E-state index is -0.148. The molecule has 2 atom stereocenters. The first-order chi connectivity index (χ1) is 9.52. The minimum absolute atomic E-state index is 0.0769. The number of nitrogens with two attached hydrogens (primary N) is 1. The summed E-state index contributed by atoms with van der Waals surface area (Å²) in [4.78, 5) is 11.8. The molecule has 0 aliphatic rings. The fourth-order valence-corrected chi connectivity index (χ4v) is 1.88. The molecule has 4 nitrogen and oxygen atoms in total. The molecule has 0 bridgehead atoms. The summed E-state index contributed by atoms with van der Waals surface area (Å²) in [5, 5.41) is 0. The van der Waals surface area contributed by atoms with E-state index in [1.54, 1.807) is 7.11 Å². The Morgan fingerprint density at radius 2 is 1.85 bits per heavy atom. The zero-order valence-corrected chi connectivity index (χ0v) is 12.6. The minimum Gasteiger partial charge on any atom is -0.497 e. The molecule has 0 aliphatic carbocycles. The van der Waals surface area contributed by atoms with Gasteiger partial charge in [0.2, 0.25) is 0 Å². The van der Waals surface area contributed by atoms with Crippen LogP contribution in [0.15, 0.2) is 24.3 Å². The van der Waals surface area contributed by atoms with Crippen molar-refractivity contribution in [1.29, 1.82) is 0 Å². The van der Waals surface area contributed by atoms with Gasteiger partial charge >= 0.3 is 5.97 Å². The second-order valence-corrected chi connectivity index (χ2v) is 5.27. The molecule has 2 unspecified atom stereocenters. The van der Waals surface area contributed by atoms with E-state index in [9.17, 15) is 4.79 Å². The molecular formula is C16H25NO3. The Bertz CT molecular complexity index is 401. The van der Waals surface area contributed by atoms with Crippen LogP contribution in [0.3, 0.4) is 0 Å². The van der Waals surface area contributed by atoms with Crippen molar-refractivity contribution in [1.82, 2.24) is 0 Å². The summed E-state index contributed by atoms with van der Waals surface area (Å²) in [7, 11) is 1.62. The summed E-state index contributed by atoms with van der Waals surface area (Å²) < 4.78 is 10.4. The van der Waals surface area contributed by atoms with Gasteiger partial charge < -0.3 is 15.2 Å². The van der Waals surface area contributed by atoms with E-state index >= 15 is 0 Å². The van der Waals surface area contributed by atoms with E-state index in [1.807, 2.05) is 38.1 Å². The fourth-order valence-electron chi connectivity index (χ4n) is 1.88. The molecule has 0 saturated carbocycles. The largest absolute Gasteiger partial charge is 0.497 e. The molecular weight excluding hydrogens is 254 g/mol.